The lowest BCUT2D eigenvalue weighted by Crippen LogP contribution is -2.21. The molecule has 1 aromatic heterocycles. The molecule has 1 aromatic carbocycles. The molecule has 0 saturated carbocycles. The third-order valence-electron chi connectivity index (χ3n) is 3.06. The maximum Gasteiger partial charge on any atom is 0.254 e. The summed E-state index contributed by atoms with van der Waals surface area (Å²) >= 11 is 0. The Labute approximate surface area is 116 Å². The van der Waals surface area contributed by atoms with E-state index < -0.39 is 6.29 Å². The highest BCUT2D eigenvalue weighted by Gasteiger charge is 2.13. The van der Waals surface area contributed by atoms with Crippen molar-refractivity contribution in [3.05, 3.63) is 34.6 Å². The number of aryl methyl sites for hydroxylation is 1. The van der Waals surface area contributed by atoms with Crippen molar-refractivity contribution in [2.24, 2.45) is 7.05 Å². The highest BCUT2D eigenvalue weighted by atomic mass is 16.6. The zero-order valence-corrected chi connectivity index (χ0v) is 11.6. The van der Waals surface area contributed by atoms with Crippen molar-refractivity contribution >= 4 is 10.9 Å². The molecule has 0 fully saturated rings. The van der Waals surface area contributed by atoms with Crippen molar-refractivity contribution in [2.75, 3.05) is 20.8 Å². The van der Waals surface area contributed by atoms with Crippen LogP contribution in [0.2, 0.25) is 0 Å². The van der Waals surface area contributed by atoms with E-state index in [9.17, 15) is 9.90 Å². The van der Waals surface area contributed by atoms with Crippen LogP contribution in [0.4, 0.5) is 0 Å². The monoisotopic (exact) mass is 279 g/mol. The van der Waals surface area contributed by atoms with Crippen molar-refractivity contribution in [1.82, 2.24) is 4.57 Å². The van der Waals surface area contributed by atoms with Crippen molar-refractivity contribution < 1.29 is 19.3 Å². The molecule has 0 spiro atoms. The van der Waals surface area contributed by atoms with Crippen LogP contribution in [-0.2, 0) is 11.8 Å². The highest BCUT2D eigenvalue weighted by Crippen LogP contribution is 2.30. The Bertz CT molecular complexity index is 664. The summed E-state index contributed by atoms with van der Waals surface area (Å²) in [4.78, 5) is 11.9. The number of benzene rings is 1. The maximum absolute atomic E-state index is 11.9. The number of nitrogens with zero attached hydrogens (tertiary/aromatic N) is 1. The van der Waals surface area contributed by atoms with Crippen LogP contribution in [0.15, 0.2) is 29.1 Å². The molecule has 1 atom stereocenters. The van der Waals surface area contributed by atoms with E-state index in [0.717, 1.165) is 5.39 Å². The molecule has 2 rings (SSSR count). The summed E-state index contributed by atoms with van der Waals surface area (Å²) in [5.74, 6) is 0.970. The molecule has 1 N–H and O–H groups in total. The first-order chi connectivity index (χ1) is 9.58. The first-order valence-electron chi connectivity index (χ1n) is 6.09. The largest absolute Gasteiger partial charge is 0.496 e. The molecule has 0 radical (unpaired) electrons. The molecule has 0 aliphatic rings. The van der Waals surface area contributed by atoms with Gasteiger partial charge in [-0.2, -0.15) is 0 Å². The van der Waals surface area contributed by atoms with Gasteiger partial charge in [0.25, 0.3) is 5.56 Å². The van der Waals surface area contributed by atoms with Crippen LogP contribution in [0.1, 0.15) is 0 Å². The lowest BCUT2D eigenvalue weighted by Gasteiger charge is -2.15. The zero-order chi connectivity index (χ0) is 14.7. The van der Waals surface area contributed by atoms with E-state index in [2.05, 4.69) is 0 Å². The maximum atomic E-state index is 11.9. The summed E-state index contributed by atoms with van der Waals surface area (Å²) < 4.78 is 16.9. The van der Waals surface area contributed by atoms with Gasteiger partial charge in [-0.15, -0.1) is 0 Å². The van der Waals surface area contributed by atoms with Gasteiger partial charge in [-0.25, -0.2) is 0 Å². The summed E-state index contributed by atoms with van der Waals surface area (Å²) in [5, 5.41) is 10.1. The summed E-state index contributed by atoms with van der Waals surface area (Å²) in [5.41, 5.74) is 0.415. The van der Waals surface area contributed by atoms with E-state index in [1.807, 2.05) is 6.07 Å². The van der Waals surface area contributed by atoms with Crippen LogP contribution < -0.4 is 15.0 Å². The molecule has 0 amide bonds. The Morgan fingerprint density at radius 2 is 2.05 bits per heavy atom. The number of aliphatic hydroxyl groups excluding tert-OH is 1. The molecule has 0 aliphatic heterocycles. The topological polar surface area (TPSA) is 69.9 Å². The predicted molar refractivity (Wildman–Crippen MR) is 74.3 cm³/mol. The number of ether oxygens (including phenoxy) is 3. The standard InChI is InChI=1S/C14H17NO5/c1-15-12(16)7-11(18-2)9-5-4-6-10(14(9)15)20-8-13(17)19-3/h4-7,13,17H,8H2,1-3H3. The molecule has 1 unspecified atom stereocenters. The Morgan fingerprint density at radius 3 is 2.70 bits per heavy atom. The lowest BCUT2D eigenvalue weighted by atomic mass is 10.2. The Balaban J connectivity index is 2.55. The van der Waals surface area contributed by atoms with E-state index in [1.54, 1.807) is 19.2 Å². The van der Waals surface area contributed by atoms with E-state index >= 15 is 0 Å². The Kier molecular flexibility index (Phi) is 4.26. The smallest absolute Gasteiger partial charge is 0.254 e. The second-order valence-electron chi connectivity index (χ2n) is 4.26. The number of aromatic nitrogens is 1. The summed E-state index contributed by atoms with van der Waals surface area (Å²) in [6, 6.07) is 6.79. The van der Waals surface area contributed by atoms with Gasteiger partial charge in [0.1, 0.15) is 18.1 Å². The number of rotatable bonds is 5. The SMILES string of the molecule is COc1cc(=O)n(C)c2c(OCC(O)OC)cccc12. The number of hydrogen-bond acceptors (Lipinski definition) is 5. The van der Waals surface area contributed by atoms with E-state index in [1.165, 1.54) is 24.9 Å². The average Bonchev–Trinajstić information content (AvgIpc) is 2.47. The van der Waals surface area contributed by atoms with Gasteiger partial charge in [-0.1, -0.05) is 6.07 Å². The van der Waals surface area contributed by atoms with Crippen molar-refractivity contribution in [2.45, 2.75) is 6.29 Å². The van der Waals surface area contributed by atoms with E-state index in [-0.39, 0.29) is 12.2 Å². The van der Waals surface area contributed by atoms with Gasteiger partial charge in [0.15, 0.2) is 6.29 Å². The summed E-state index contributed by atoms with van der Waals surface area (Å²) in [6.07, 6.45) is -1.02. The van der Waals surface area contributed by atoms with Crippen LogP contribution >= 0.6 is 0 Å². The van der Waals surface area contributed by atoms with Crippen molar-refractivity contribution in [3.8, 4) is 11.5 Å². The first-order valence-corrected chi connectivity index (χ1v) is 6.09. The van der Waals surface area contributed by atoms with Crippen LogP contribution in [0.3, 0.4) is 0 Å². The number of pyridine rings is 1. The van der Waals surface area contributed by atoms with Crippen molar-refractivity contribution in [1.29, 1.82) is 0 Å². The fourth-order valence-electron chi connectivity index (χ4n) is 1.98. The second-order valence-corrected chi connectivity index (χ2v) is 4.26. The number of methoxy groups -OCH3 is 2. The quantitative estimate of drug-likeness (QED) is 0.823. The molecule has 0 bridgehead atoms. The summed E-state index contributed by atoms with van der Waals surface area (Å²) in [7, 11) is 4.55. The van der Waals surface area contributed by atoms with Gasteiger partial charge in [-0.05, 0) is 12.1 Å². The molecule has 0 saturated heterocycles. The van der Waals surface area contributed by atoms with Crippen LogP contribution in [0, 0.1) is 0 Å². The minimum Gasteiger partial charge on any atom is -0.496 e. The van der Waals surface area contributed by atoms with Crippen LogP contribution in [0.25, 0.3) is 10.9 Å². The highest BCUT2D eigenvalue weighted by molar-refractivity contribution is 5.90. The molecule has 6 heteroatoms. The molecule has 1 heterocycles. The first kappa shape index (κ1) is 14.4. The fraction of sp³-hybridized carbons (Fsp3) is 0.357. The number of hydrogen-bond donors (Lipinski definition) is 1. The predicted octanol–water partition coefficient (Wildman–Crippen LogP) is 0.891. The van der Waals surface area contributed by atoms with Gasteiger partial charge < -0.3 is 23.9 Å². The molecular weight excluding hydrogens is 262 g/mol. The number of para-hydroxylation sites is 1. The molecule has 0 aliphatic carbocycles. The fourth-order valence-corrected chi connectivity index (χ4v) is 1.98. The average molecular weight is 279 g/mol. The third kappa shape index (κ3) is 2.61. The number of fused-ring (bicyclic) bond motifs is 1. The number of aliphatic hydroxyl groups is 1. The molecule has 2 aromatic rings. The normalized spacial score (nSPS) is 12.4. The minimum absolute atomic E-state index is 0.0268. The summed E-state index contributed by atoms with van der Waals surface area (Å²) in [6.45, 7) is -0.0268. The van der Waals surface area contributed by atoms with Gasteiger partial charge in [-0.3, -0.25) is 4.79 Å². The van der Waals surface area contributed by atoms with Gasteiger partial charge >= 0.3 is 0 Å². The van der Waals surface area contributed by atoms with Gasteiger partial charge in [0.2, 0.25) is 0 Å². The molecular formula is C14H17NO5. The molecule has 108 valence electrons. The molecule has 20 heavy (non-hydrogen) atoms. The molecule has 6 nitrogen and oxygen atoms in total. The van der Waals surface area contributed by atoms with Gasteiger partial charge in [0, 0.05) is 25.6 Å². The van der Waals surface area contributed by atoms with Crippen LogP contribution in [-0.4, -0.2) is 36.8 Å². The lowest BCUT2D eigenvalue weighted by molar-refractivity contribution is -0.0966. The van der Waals surface area contributed by atoms with E-state index in [0.29, 0.717) is 17.0 Å². The second kappa shape index (κ2) is 5.94. The van der Waals surface area contributed by atoms with Gasteiger partial charge in [0.05, 0.1) is 12.6 Å². The van der Waals surface area contributed by atoms with E-state index in [4.69, 9.17) is 14.2 Å². The Hall–Kier alpha value is -2.05. The van der Waals surface area contributed by atoms with Crippen molar-refractivity contribution in [3.63, 3.8) is 0 Å². The minimum atomic E-state index is -1.02. The Morgan fingerprint density at radius 1 is 1.30 bits per heavy atom. The zero-order valence-electron chi connectivity index (χ0n) is 11.6. The van der Waals surface area contributed by atoms with Crippen LogP contribution in [0.5, 0.6) is 11.5 Å². The third-order valence-corrected chi connectivity index (χ3v) is 3.06.